The molecule has 0 bridgehead atoms. The van der Waals surface area contributed by atoms with E-state index in [4.69, 9.17) is 26.1 Å². The van der Waals surface area contributed by atoms with Crippen molar-refractivity contribution in [2.45, 2.75) is 6.54 Å². The molecule has 1 saturated heterocycles. The van der Waals surface area contributed by atoms with E-state index in [0.29, 0.717) is 42.8 Å². The van der Waals surface area contributed by atoms with Gasteiger partial charge in [-0.05, 0) is 18.2 Å². The van der Waals surface area contributed by atoms with E-state index in [1.807, 2.05) is 18.2 Å². The molecule has 7 nitrogen and oxygen atoms in total. The number of aromatic nitrogens is 2. The Morgan fingerprint density at radius 3 is 2.90 bits per heavy atom. The number of amides is 1. The number of morpholine rings is 1. The number of nitrogens with zero attached hydrogens (tertiary/aromatic N) is 4. The van der Waals surface area contributed by atoms with Gasteiger partial charge in [0.05, 0.1) is 37.0 Å². The third kappa shape index (κ3) is 4.73. The van der Waals surface area contributed by atoms with Crippen molar-refractivity contribution < 1.29 is 14.3 Å². The number of halogens is 1. The van der Waals surface area contributed by atoms with E-state index in [0.717, 1.165) is 35.4 Å². The molecule has 3 aromatic rings. The van der Waals surface area contributed by atoms with Gasteiger partial charge in [0.2, 0.25) is 0 Å². The summed E-state index contributed by atoms with van der Waals surface area (Å²) in [4.78, 5) is 26.7. The molecule has 158 valence electrons. The van der Waals surface area contributed by atoms with Crippen LogP contribution < -0.4 is 4.90 Å². The van der Waals surface area contributed by atoms with Gasteiger partial charge in [-0.15, -0.1) is 11.3 Å². The van der Waals surface area contributed by atoms with E-state index in [-0.39, 0.29) is 5.91 Å². The average Bonchev–Trinajstić information content (AvgIpc) is 3.31. The van der Waals surface area contributed by atoms with Crippen molar-refractivity contribution in [3.63, 3.8) is 0 Å². The number of thiazole rings is 1. The van der Waals surface area contributed by atoms with Crippen LogP contribution in [-0.2, 0) is 16.0 Å². The van der Waals surface area contributed by atoms with Crippen LogP contribution in [-0.4, -0.2) is 67.3 Å². The standard InChI is InChI=1S/C21H23ClN4O3S/c1-28-7-4-26(21(27)19-12-23-14-30-19)13-16-10-15-2-3-17(22)11-18(15)24-20(16)25-5-8-29-9-6-25/h2-3,10-12,14H,4-9,13H2,1H3. The Hall–Kier alpha value is -2.26. The van der Waals surface area contributed by atoms with Gasteiger partial charge < -0.3 is 19.3 Å². The van der Waals surface area contributed by atoms with Gasteiger partial charge in [0.25, 0.3) is 5.91 Å². The molecule has 0 unspecified atom stereocenters. The van der Waals surface area contributed by atoms with Crippen LogP contribution in [0, 0.1) is 0 Å². The molecular formula is C21H23ClN4O3S. The molecule has 1 aliphatic heterocycles. The normalized spacial score (nSPS) is 14.3. The number of anilines is 1. The molecule has 1 aromatic carbocycles. The lowest BCUT2D eigenvalue weighted by Gasteiger charge is -2.31. The van der Waals surface area contributed by atoms with Gasteiger partial charge in [-0.3, -0.25) is 9.78 Å². The zero-order chi connectivity index (χ0) is 20.9. The van der Waals surface area contributed by atoms with Gasteiger partial charge in [-0.1, -0.05) is 17.7 Å². The number of pyridine rings is 1. The molecule has 0 spiro atoms. The van der Waals surface area contributed by atoms with E-state index in [1.54, 1.807) is 23.7 Å². The molecule has 1 aliphatic rings. The summed E-state index contributed by atoms with van der Waals surface area (Å²) in [6.07, 6.45) is 1.61. The average molecular weight is 447 g/mol. The van der Waals surface area contributed by atoms with Gasteiger partial charge >= 0.3 is 0 Å². The third-order valence-corrected chi connectivity index (χ3v) is 6.00. The highest BCUT2D eigenvalue weighted by molar-refractivity contribution is 7.11. The minimum atomic E-state index is -0.0568. The Morgan fingerprint density at radius 1 is 1.33 bits per heavy atom. The number of hydrogen-bond donors (Lipinski definition) is 0. The number of rotatable bonds is 7. The van der Waals surface area contributed by atoms with Crippen LogP contribution in [0.2, 0.25) is 5.02 Å². The van der Waals surface area contributed by atoms with Crippen molar-refractivity contribution in [2.24, 2.45) is 0 Å². The Kier molecular flexibility index (Phi) is 6.79. The number of ether oxygens (including phenoxy) is 2. The highest BCUT2D eigenvalue weighted by Gasteiger charge is 2.23. The maximum absolute atomic E-state index is 13.1. The first-order chi connectivity index (χ1) is 14.7. The molecule has 3 heterocycles. The number of methoxy groups -OCH3 is 1. The van der Waals surface area contributed by atoms with Crippen LogP contribution in [0.4, 0.5) is 5.82 Å². The fourth-order valence-electron chi connectivity index (χ4n) is 3.48. The highest BCUT2D eigenvalue weighted by Crippen LogP contribution is 2.28. The summed E-state index contributed by atoms with van der Waals surface area (Å²) in [6, 6.07) is 7.79. The summed E-state index contributed by atoms with van der Waals surface area (Å²) >= 11 is 7.53. The maximum Gasteiger partial charge on any atom is 0.265 e. The zero-order valence-electron chi connectivity index (χ0n) is 16.7. The number of hydrogen-bond acceptors (Lipinski definition) is 7. The molecule has 0 radical (unpaired) electrons. The number of fused-ring (bicyclic) bond motifs is 1. The maximum atomic E-state index is 13.1. The summed E-state index contributed by atoms with van der Waals surface area (Å²) in [7, 11) is 1.63. The lowest BCUT2D eigenvalue weighted by Crippen LogP contribution is -2.38. The van der Waals surface area contributed by atoms with Gasteiger partial charge in [-0.2, -0.15) is 0 Å². The molecule has 1 fully saturated rings. The van der Waals surface area contributed by atoms with Crippen molar-refractivity contribution in [3.8, 4) is 0 Å². The number of carbonyl (C=O) groups excluding carboxylic acids is 1. The van der Waals surface area contributed by atoms with Crippen LogP contribution in [0.15, 0.2) is 36.0 Å². The van der Waals surface area contributed by atoms with E-state index in [1.165, 1.54) is 11.3 Å². The van der Waals surface area contributed by atoms with Crippen LogP contribution in [0.3, 0.4) is 0 Å². The van der Waals surface area contributed by atoms with Gasteiger partial charge in [0, 0.05) is 49.3 Å². The van der Waals surface area contributed by atoms with Gasteiger partial charge in [0.1, 0.15) is 10.7 Å². The smallest absolute Gasteiger partial charge is 0.265 e. The second-order valence-corrected chi connectivity index (χ2v) is 8.32. The quantitative estimate of drug-likeness (QED) is 0.553. The van der Waals surface area contributed by atoms with Crippen molar-refractivity contribution in [1.82, 2.24) is 14.9 Å². The van der Waals surface area contributed by atoms with Crippen LogP contribution in [0.25, 0.3) is 10.9 Å². The van der Waals surface area contributed by atoms with Gasteiger partial charge in [0.15, 0.2) is 0 Å². The monoisotopic (exact) mass is 446 g/mol. The topological polar surface area (TPSA) is 67.8 Å². The second kappa shape index (κ2) is 9.70. The Bertz CT molecular complexity index is 1010. The Balaban J connectivity index is 1.72. The van der Waals surface area contributed by atoms with E-state index >= 15 is 0 Å². The number of benzene rings is 1. The summed E-state index contributed by atoms with van der Waals surface area (Å²) in [5, 5.41) is 1.64. The Labute approximate surface area is 184 Å². The van der Waals surface area contributed by atoms with Crippen molar-refractivity contribution >= 4 is 45.6 Å². The molecule has 1 amide bonds. The molecule has 0 N–H and O–H groups in total. The predicted molar refractivity (Wildman–Crippen MR) is 119 cm³/mol. The first-order valence-electron chi connectivity index (χ1n) is 9.74. The van der Waals surface area contributed by atoms with Crippen LogP contribution >= 0.6 is 22.9 Å². The van der Waals surface area contributed by atoms with E-state index in [2.05, 4.69) is 16.0 Å². The van der Waals surface area contributed by atoms with Crippen molar-refractivity contribution in [1.29, 1.82) is 0 Å². The van der Waals surface area contributed by atoms with Gasteiger partial charge in [-0.25, -0.2) is 4.98 Å². The van der Waals surface area contributed by atoms with Crippen molar-refractivity contribution in [2.75, 3.05) is 51.5 Å². The number of carbonyl (C=O) groups is 1. The SMILES string of the molecule is COCCN(Cc1cc2ccc(Cl)cc2nc1N1CCOCC1)C(=O)c1cncs1. The molecular weight excluding hydrogens is 424 g/mol. The summed E-state index contributed by atoms with van der Waals surface area (Å²) in [6.45, 7) is 4.19. The fraction of sp³-hybridized carbons (Fsp3) is 0.381. The first kappa shape index (κ1) is 21.0. The lowest BCUT2D eigenvalue weighted by molar-refractivity contribution is 0.0684. The lowest BCUT2D eigenvalue weighted by atomic mass is 10.1. The first-order valence-corrected chi connectivity index (χ1v) is 11.0. The predicted octanol–water partition coefficient (Wildman–Crippen LogP) is 3.47. The minimum absolute atomic E-state index is 0.0568. The summed E-state index contributed by atoms with van der Waals surface area (Å²) < 4.78 is 10.8. The fourth-order valence-corrected chi connectivity index (χ4v) is 4.23. The highest BCUT2D eigenvalue weighted by atomic mass is 35.5. The second-order valence-electron chi connectivity index (χ2n) is 6.99. The Morgan fingerprint density at radius 2 is 2.17 bits per heavy atom. The minimum Gasteiger partial charge on any atom is -0.383 e. The molecule has 30 heavy (non-hydrogen) atoms. The molecule has 0 atom stereocenters. The van der Waals surface area contributed by atoms with E-state index < -0.39 is 0 Å². The molecule has 0 saturated carbocycles. The third-order valence-electron chi connectivity index (χ3n) is 5.00. The summed E-state index contributed by atoms with van der Waals surface area (Å²) in [5.74, 6) is 0.811. The molecule has 4 rings (SSSR count). The molecule has 2 aromatic heterocycles. The summed E-state index contributed by atoms with van der Waals surface area (Å²) in [5.41, 5.74) is 3.49. The van der Waals surface area contributed by atoms with Crippen LogP contribution in [0.1, 0.15) is 15.2 Å². The molecule has 0 aliphatic carbocycles. The zero-order valence-corrected chi connectivity index (χ0v) is 18.3. The van der Waals surface area contributed by atoms with E-state index in [9.17, 15) is 4.79 Å². The largest absolute Gasteiger partial charge is 0.383 e. The molecule has 9 heteroatoms. The van der Waals surface area contributed by atoms with Crippen LogP contribution in [0.5, 0.6) is 0 Å². The van der Waals surface area contributed by atoms with Crippen molar-refractivity contribution in [3.05, 3.63) is 51.4 Å².